The summed E-state index contributed by atoms with van der Waals surface area (Å²) in [6.45, 7) is 10.9. The van der Waals surface area contributed by atoms with Crippen LogP contribution < -0.4 is 9.13 Å². The summed E-state index contributed by atoms with van der Waals surface area (Å²) in [5.41, 5.74) is 5.49. The van der Waals surface area contributed by atoms with Gasteiger partial charge >= 0.3 is 0 Å². The van der Waals surface area contributed by atoms with Crippen LogP contribution >= 0.6 is 0 Å². The van der Waals surface area contributed by atoms with Crippen molar-refractivity contribution in [3.63, 3.8) is 0 Å². The third-order valence-electron chi connectivity index (χ3n) is 5.45. The van der Waals surface area contributed by atoms with Gasteiger partial charge in [0.15, 0.2) is 24.8 Å². The van der Waals surface area contributed by atoms with Crippen molar-refractivity contribution in [1.82, 2.24) is 0 Å². The lowest BCUT2D eigenvalue weighted by Crippen LogP contribution is -2.33. The summed E-state index contributed by atoms with van der Waals surface area (Å²) in [6.07, 6.45) is 25.2. The van der Waals surface area contributed by atoms with Crippen LogP contribution in [0.1, 0.15) is 60.8 Å². The molecule has 0 aliphatic carbocycles. The van der Waals surface area contributed by atoms with Crippen molar-refractivity contribution < 1.29 is 9.13 Å². The molecule has 0 radical (unpaired) electrons. The zero-order chi connectivity index (χ0) is 20.2. The minimum absolute atomic E-state index is 1.11. The molecule has 0 aliphatic rings. The maximum Gasteiger partial charge on any atom is 0.171 e. The Morgan fingerprint density at radius 3 is 1.43 bits per heavy atom. The molecule has 0 saturated carbocycles. The monoisotopic (exact) mass is 378 g/mol. The Morgan fingerprint density at radius 1 is 0.607 bits per heavy atom. The number of pyridine rings is 2. The van der Waals surface area contributed by atoms with Crippen LogP contribution in [0.4, 0.5) is 0 Å². The summed E-state index contributed by atoms with van der Waals surface area (Å²) in [6, 6.07) is 4.42. The lowest BCUT2D eigenvalue weighted by atomic mass is 10.1. The third kappa shape index (κ3) is 8.21. The van der Waals surface area contributed by atoms with Crippen LogP contribution in [0.25, 0.3) is 0 Å². The predicted octanol–water partition coefficient (Wildman–Crippen LogP) is 5.65. The quantitative estimate of drug-likeness (QED) is 0.271. The van der Waals surface area contributed by atoms with Gasteiger partial charge in [-0.05, 0) is 64.5 Å². The molecule has 28 heavy (non-hydrogen) atoms. The van der Waals surface area contributed by atoms with Crippen LogP contribution in [0.2, 0.25) is 0 Å². The van der Waals surface area contributed by atoms with E-state index < -0.39 is 0 Å². The van der Waals surface area contributed by atoms with Crippen LogP contribution in [0, 0.1) is 27.7 Å². The smallest absolute Gasteiger partial charge is 0.171 e. The van der Waals surface area contributed by atoms with E-state index in [0.717, 1.165) is 13.1 Å². The molecule has 0 unspecified atom stereocenters. The molecular weight excluding hydrogens is 340 g/mol. The summed E-state index contributed by atoms with van der Waals surface area (Å²) in [5, 5.41) is 0. The highest BCUT2D eigenvalue weighted by atomic mass is 14.9. The van der Waals surface area contributed by atoms with Crippen LogP contribution in [0.3, 0.4) is 0 Å². The summed E-state index contributed by atoms with van der Waals surface area (Å²) < 4.78 is 4.62. The van der Waals surface area contributed by atoms with Crippen LogP contribution in [0.15, 0.2) is 61.2 Å². The summed E-state index contributed by atoms with van der Waals surface area (Å²) >= 11 is 0. The number of nitrogens with zero attached hydrogens (tertiary/aromatic N) is 2. The van der Waals surface area contributed by atoms with E-state index in [9.17, 15) is 0 Å². The number of aryl methyl sites for hydroxylation is 6. The van der Waals surface area contributed by atoms with Gasteiger partial charge in [-0.15, -0.1) is 0 Å². The van der Waals surface area contributed by atoms with Crippen LogP contribution in [-0.4, -0.2) is 0 Å². The van der Waals surface area contributed by atoms with Gasteiger partial charge in [0.2, 0.25) is 0 Å². The second kappa shape index (κ2) is 12.3. The van der Waals surface area contributed by atoms with Gasteiger partial charge in [0.05, 0.1) is 0 Å². The Bertz CT molecular complexity index is 720. The molecule has 0 aromatic carbocycles. The number of allylic oxidation sites excluding steroid dienone is 4. The molecule has 0 aliphatic heterocycles. The van der Waals surface area contributed by atoms with E-state index in [-0.39, 0.29) is 0 Å². The van der Waals surface area contributed by atoms with Gasteiger partial charge < -0.3 is 0 Å². The lowest BCUT2D eigenvalue weighted by molar-refractivity contribution is -0.697. The molecule has 0 bridgehead atoms. The Balaban J connectivity index is 1.50. The van der Waals surface area contributed by atoms with Crippen molar-refractivity contribution in [3.8, 4) is 0 Å². The normalized spacial score (nSPS) is 11.7. The first-order chi connectivity index (χ1) is 13.6. The van der Waals surface area contributed by atoms with Crippen molar-refractivity contribution in [1.29, 1.82) is 0 Å². The number of hydrogen-bond acceptors (Lipinski definition) is 0. The molecule has 150 valence electrons. The fraction of sp³-hybridized carbons (Fsp3) is 0.462. The SMILES string of the molecule is Cc1cc[n+](CCCC/C=C\C=C/CCCC[n+]2ccc(C)c(C)c2)cc1C. The Labute approximate surface area is 172 Å². The summed E-state index contributed by atoms with van der Waals surface area (Å²) in [7, 11) is 0. The van der Waals surface area contributed by atoms with E-state index >= 15 is 0 Å². The van der Waals surface area contributed by atoms with E-state index in [4.69, 9.17) is 0 Å². The first-order valence-corrected chi connectivity index (χ1v) is 10.8. The van der Waals surface area contributed by atoms with E-state index in [1.165, 1.54) is 60.8 Å². The van der Waals surface area contributed by atoms with Crippen molar-refractivity contribution in [2.75, 3.05) is 0 Å². The van der Waals surface area contributed by atoms with Gasteiger partial charge in [0.25, 0.3) is 0 Å². The van der Waals surface area contributed by atoms with E-state index in [1.807, 2.05) is 0 Å². The largest absolute Gasteiger partial charge is 0.205 e. The van der Waals surface area contributed by atoms with Gasteiger partial charge in [0.1, 0.15) is 13.1 Å². The van der Waals surface area contributed by atoms with Gasteiger partial charge in [-0.3, -0.25) is 0 Å². The van der Waals surface area contributed by atoms with Crippen molar-refractivity contribution in [3.05, 3.63) is 83.5 Å². The maximum absolute atomic E-state index is 2.31. The average molecular weight is 379 g/mol. The van der Waals surface area contributed by atoms with Gasteiger partial charge in [-0.2, -0.15) is 0 Å². The standard InChI is InChI=1S/C26H38N2/c1-23-15-19-27(21-25(23)3)17-13-11-9-7-5-6-8-10-12-14-18-28-20-16-24(2)26(4)22-28/h5-8,15-16,19-22H,9-14,17-18H2,1-4H3/q+2/b7-5-,8-6-. The number of rotatable bonds is 11. The molecule has 0 saturated heterocycles. The van der Waals surface area contributed by atoms with Crippen LogP contribution in [0.5, 0.6) is 0 Å². The second-order valence-electron chi connectivity index (χ2n) is 7.95. The third-order valence-corrected chi connectivity index (χ3v) is 5.45. The number of unbranched alkanes of at least 4 members (excludes halogenated alkanes) is 4. The maximum atomic E-state index is 2.31. The average Bonchev–Trinajstić information content (AvgIpc) is 2.68. The lowest BCUT2D eigenvalue weighted by Gasteiger charge is -2.00. The predicted molar refractivity (Wildman–Crippen MR) is 118 cm³/mol. The minimum atomic E-state index is 1.11. The Hall–Kier alpha value is -2.22. The molecule has 0 spiro atoms. The van der Waals surface area contributed by atoms with Crippen molar-refractivity contribution >= 4 is 0 Å². The van der Waals surface area contributed by atoms with Crippen molar-refractivity contribution in [2.45, 2.75) is 79.3 Å². The Kier molecular flexibility index (Phi) is 9.68. The highest BCUT2D eigenvalue weighted by molar-refractivity contribution is 5.17. The minimum Gasteiger partial charge on any atom is -0.205 e. The highest BCUT2D eigenvalue weighted by Gasteiger charge is 2.03. The van der Waals surface area contributed by atoms with E-state index in [1.54, 1.807) is 0 Å². The Morgan fingerprint density at radius 2 is 1.04 bits per heavy atom. The van der Waals surface area contributed by atoms with Gasteiger partial charge in [-0.1, -0.05) is 24.3 Å². The zero-order valence-corrected chi connectivity index (χ0v) is 18.3. The molecule has 2 aromatic rings. The first-order valence-electron chi connectivity index (χ1n) is 10.8. The molecule has 0 fully saturated rings. The molecule has 0 N–H and O–H groups in total. The summed E-state index contributed by atoms with van der Waals surface area (Å²) in [4.78, 5) is 0. The molecule has 2 heterocycles. The molecule has 2 rings (SSSR count). The molecule has 2 aromatic heterocycles. The van der Waals surface area contributed by atoms with E-state index in [2.05, 4.69) is 98.1 Å². The number of aromatic nitrogens is 2. The molecule has 2 heteroatoms. The van der Waals surface area contributed by atoms with Crippen molar-refractivity contribution in [2.24, 2.45) is 0 Å². The second-order valence-corrected chi connectivity index (χ2v) is 7.95. The van der Waals surface area contributed by atoms with Crippen LogP contribution in [-0.2, 0) is 13.1 Å². The van der Waals surface area contributed by atoms with E-state index in [0.29, 0.717) is 0 Å². The topological polar surface area (TPSA) is 7.76 Å². The fourth-order valence-electron chi connectivity index (χ4n) is 3.21. The first kappa shape index (κ1) is 22.1. The molecule has 0 atom stereocenters. The summed E-state index contributed by atoms with van der Waals surface area (Å²) in [5.74, 6) is 0. The fourth-order valence-corrected chi connectivity index (χ4v) is 3.21. The number of hydrogen-bond donors (Lipinski definition) is 0. The highest BCUT2D eigenvalue weighted by Crippen LogP contribution is 2.04. The zero-order valence-electron chi connectivity index (χ0n) is 18.3. The molecule has 2 nitrogen and oxygen atoms in total. The van der Waals surface area contributed by atoms with Gasteiger partial charge in [0, 0.05) is 36.1 Å². The van der Waals surface area contributed by atoms with Gasteiger partial charge in [-0.25, -0.2) is 9.13 Å². The molecular formula is C26H38N2+2. The molecule has 0 amide bonds.